The van der Waals surface area contributed by atoms with Crippen LogP contribution in [0.15, 0.2) is 34.1 Å². The van der Waals surface area contributed by atoms with Gasteiger partial charge in [0.05, 0.1) is 8.66 Å². The maximum Gasteiger partial charge on any atom is 0.265 e. The van der Waals surface area contributed by atoms with E-state index in [1.54, 1.807) is 12.1 Å². The van der Waals surface area contributed by atoms with Gasteiger partial charge < -0.3 is 11.1 Å². The molecule has 17 heavy (non-hydrogen) atoms. The first-order valence-electron chi connectivity index (χ1n) is 4.99. The Morgan fingerprint density at radius 2 is 2.12 bits per heavy atom. The van der Waals surface area contributed by atoms with Gasteiger partial charge in [0.1, 0.15) is 0 Å². The van der Waals surface area contributed by atoms with E-state index < -0.39 is 0 Å². The summed E-state index contributed by atoms with van der Waals surface area (Å²) in [6, 6.07) is 9.11. The van der Waals surface area contributed by atoms with E-state index in [0.717, 1.165) is 9.35 Å². The van der Waals surface area contributed by atoms with Crippen molar-refractivity contribution in [2.24, 2.45) is 0 Å². The fourth-order valence-electron chi connectivity index (χ4n) is 1.35. The van der Waals surface area contributed by atoms with Crippen LogP contribution in [-0.4, -0.2) is 5.91 Å². The van der Waals surface area contributed by atoms with Crippen LogP contribution in [-0.2, 0) is 0 Å². The predicted molar refractivity (Wildman–Crippen MR) is 75.6 cm³/mol. The number of hydrogen-bond acceptors (Lipinski definition) is 3. The first-order valence-corrected chi connectivity index (χ1v) is 6.60. The Kier molecular flexibility index (Phi) is 3.49. The Bertz CT molecular complexity index is 565. The molecule has 2 aromatic rings. The molecule has 0 aliphatic heterocycles. The van der Waals surface area contributed by atoms with Crippen LogP contribution in [0.5, 0.6) is 0 Å². The summed E-state index contributed by atoms with van der Waals surface area (Å²) >= 11 is 4.72. The summed E-state index contributed by atoms with van der Waals surface area (Å²) in [6.07, 6.45) is 0. The number of nitrogen functional groups attached to an aromatic ring is 1. The van der Waals surface area contributed by atoms with Crippen molar-refractivity contribution < 1.29 is 4.79 Å². The molecule has 88 valence electrons. The van der Waals surface area contributed by atoms with E-state index in [0.29, 0.717) is 16.3 Å². The summed E-state index contributed by atoms with van der Waals surface area (Å²) in [7, 11) is 0. The molecule has 5 heteroatoms. The molecule has 1 heterocycles. The van der Waals surface area contributed by atoms with Gasteiger partial charge in [-0.3, -0.25) is 4.79 Å². The number of hydrogen-bond donors (Lipinski definition) is 2. The summed E-state index contributed by atoms with van der Waals surface area (Å²) in [5, 5.41) is 2.81. The molecule has 0 aliphatic rings. The average Bonchev–Trinajstić information content (AvgIpc) is 2.70. The molecule has 1 aromatic carbocycles. The van der Waals surface area contributed by atoms with Crippen LogP contribution in [0.2, 0.25) is 0 Å². The molecule has 1 aromatic heterocycles. The van der Waals surface area contributed by atoms with Gasteiger partial charge in [0.25, 0.3) is 5.91 Å². The minimum Gasteiger partial charge on any atom is -0.398 e. The summed E-state index contributed by atoms with van der Waals surface area (Å²) in [6.45, 7) is 1.93. The maximum absolute atomic E-state index is 11.9. The lowest BCUT2D eigenvalue weighted by Crippen LogP contribution is -2.10. The lowest BCUT2D eigenvalue weighted by atomic mass is 10.2. The van der Waals surface area contributed by atoms with Crippen molar-refractivity contribution in [3.05, 3.63) is 44.6 Å². The number of nitrogens with two attached hydrogens (primary N) is 1. The first kappa shape index (κ1) is 12.1. The number of nitrogens with one attached hydrogen (secondary N) is 1. The minimum atomic E-state index is -0.121. The van der Waals surface area contributed by atoms with E-state index in [2.05, 4.69) is 21.2 Å². The standard InChI is InChI=1S/C12H11BrN2OS/c1-7-2-3-8(6-9(7)14)15-12(16)10-4-5-11(13)17-10/h2-6H,14H2,1H3,(H,15,16). The molecule has 1 amide bonds. The Balaban J connectivity index is 2.15. The first-order chi connectivity index (χ1) is 8.06. The molecule has 0 spiro atoms. The number of anilines is 2. The molecular formula is C12H11BrN2OS. The zero-order chi connectivity index (χ0) is 12.4. The highest BCUT2D eigenvalue weighted by Gasteiger charge is 2.09. The van der Waals surface area contributed by atoms with Crippen LogP contribution in [0, 0.1) is 6.92 Å². The number of thiophene rings is 1. The van der Waals surface area contributed by atoms with Crippen molar-refractivity contribution in [2.75, 3.05) is 11.1 Å². The smallest absolute Gasteiger partial charge is 0.265 e. The number of rotatable bonds is 2. The number of carbonyl (C=O) groups excluding carboxylic acids is 1. The lowest BCUT2D eigenvalue weighted by molar-refractivity contribution is 0.103. The molecule has 0 saturated carbocycles. The third-order valence-corrected chi connectivity index (χ3v) is 3.96. The molecule has 0 fully saturated rings. The van der Waals surface area contributed by atoms with E-state index in [-0.39, 0.29) is 5.91 Å². The van der Waals surface area contributed by atoms with Crippen molar-refractivity contribution in [2.45, 2.75) is 6.92 Å². The topological polar surface area (TPSA) is 55.1 Å². The zero-order valence-corrected chi connectivity index (χ0v) is 11.6. The number of carbonyl (C=O) groups is 1. The van der Waals surface area contributed by atoms with Crippen molar-refractivity contribution >= 4 is 44.5 Å². The molecule has 0 radical (unpaired) electrons. The molecular weight excluding hydrogens is 300 g/mol. The molecule has 2 rings (SSSR count). The van der Waals surface area contributed by atoms with Gasteiger partial charge in [-0.25, -0.2) is 0 Å². The van der Waals surface area contributed by atoms with Crippen molar-refractivity contribution in [1.29, 1.82) is 0 Å². The number of benzene rings is 1. The Morgan fingerprint density at radius 3 is 2.71 bits per heavy atom. The lowest BCUT2D eigenvalue weighted by Gasteiger charge is -2.06. The van der Waals surface area contributed by atoms with Crippen LogP contribution >= 0.6 is 27.3 Å². The van der Waals surface area contributed by atoms with Crippen LogP contribution in [0.1, 0.15) is 15.2 Å². The van der Waals surface area contributed by atoms with Crippen molar-refractivity contribution in [1.82, 2.24) is 0 Å². The molecule has 0 atom stereocenters. The van der Waals surface area contributed by atoms with Crippen molar-refractivity contribution in [3.8, 4) is 0 Å². The van der Waals surface area contributed by atoms with Gasteiger partial charge in [0, 0.05) is 11.4 Å². The molecule has 3 nitrogen and oxygen atoms in total. The molecule has 0 aliphatic carbocycles. The highest BCUT2D eigenvalue weighted by atomic mass is 79.9. The number of amides is 1. The predicted octanol–water partition coefficient (Wildman–Crippen LogP) is 3.65. The van der Waals surface area contributed by atoms with Gasteiger partial charge in [0.15, 0.2) is 0 Å². The molecule has 3 N–H and O–H groups in total. The quantitative estimate of drug-likeness (QED) is 0.832. The molecule has 0 bridgehead atoms. The Hall–Kier alpha value is -1.33. The van der Waals surface area contributed by atoms with E-state index >= 15 is 0 Å². The van der Waals surface area contributed by atoms with Gasteiger partial charge in [-0.15, -0.1) is 11.3 Å². The second kappa shape index (κ2) is 4.89. The average molecular weight is 311 g/mol. The second-order valence-electron chi connectivity index (χ2n) is 3.63. The SMILES string of the molecule is Cc1ccc(NC(=O)c2ccc(Br)s2)cc1N. The van der Waals surface area contributed by atoms with Crippen LogP contribution in [0.25, 0.3) is 0 Å². The molecule has 0 saturated heterocycles. The van der Waals surface area contributed by atoms with E-state index in [1.165, 1.54) is 11.3 Å². The number of halogens is 1. The highest BCUT2D eigenvalue weighted by molar-refractivity contribution is 9.11. The maximum atomic E-state index is 11.9. The van der Waals surface area contributed by atoms with Gasteiger partial charge in [-0.05, 0) is 52.7 Å². The fourth-order valence-corrected chi connectivity index (χ4v) is 2.63. The number of aryl methyl sites for hydroxylation is 1. The minimum absolute atomic E-state index is 0.121. The van der Waals surface area contributed by atoms with Gasteiger partial charge in [0.2, 0.25) is 0 Å². The van der Waals surface area contributed by atoms with E-state index in [1.807, 2.05) is 25.1 Å². The largest absolute Gasteiger partial charge is 0.398 e. The summed E-state index contributed by atoms with van der Waals surface area (Å²) in [5.41, 5.74) is 8.17. The summed E-state index contributed by atoms with van der Waals surface area (Å²) < 4.78 is 0.936. The monoisotopic (exact) mass is 310 g/mol. The molecule has 0 unspecified atom stereocenters. The van der Waals surface area contributed by atoms with E-state index in [4.69, 9.17) is 5.73 Å². The van der Waals surface area contributed by atoms with Crippen LogP contribution in [0.3, 0.4) is 0 Å². The highest BCUT2D eigenvalue weighted by Crippen LogP contribution is 2.23. The van der Waals surface area contributed by atoms with Gasteiger partial charge in [-0.1, -0.05) is 6.07 Å². The normalized spacial score (nSPS) is 10.2. The third kappa shape index (κ3) is 2.87. The van der Waals surface area contributed by atoms with Gasteiger partial charge >= 0.3 is 0 Å². The summed E-state index contributed by atoms with van der Waals surface area (Å²) in [5.74, 6) is -0.121. The zero-order valence-electron chi connectivity index (χ0n) is 9.16. The van der Waals surface area contributed by atoms with Crippen LogP contribution < -0.4 is 11.1 Å². The summed E-state index contributed by atoms with van der Waals surface area (Å²) in [4.78, 5) is 12.5. The second-order valence-corrected chi connectivity index (χ2v) is 6.09. The van der Waals surface area contributed by atoms with Crippen LogP contribution in [0.4, 0.5) is 11.4 Å². The Labute approximate surface area is 112 Å². The Morgan fingerprint density at radius 1 is 1.35 bits per heavy atom. The van der Waals surface area contributed by atoms with Gasteiger partial charge in [-0.2, -0.15) is 0 Å². The third-order valence-electron chi connectivity index (χ3n) is 2.33. The van der Waals surface area contributed by atoms with E-state index in [9.17, 15) is 4.79 Å². The fraction of sp³-hybridized carbons (Fsp3) is 0.0833. The van der Waals surface area contributed by atoms with Crippen molar-refractivity contribution in [3.63, 3.8) is 0 Å².